The molecule has 1 saturated carbocycles. The topological polar surface area (TPSA) is 46.2 Å². The van der Waals surface area contributed by atoms with Crippen LogP contribution in [0.25, 0.3) is 0 Å². The zero-order valence-electron chi connectivity index (χ0n) is 11.0. The lowest BCUT2D eigenvalue weighted by Crippen LogP contribution is -2.37. The third-order valence-corrected chi connectivity index (χ3v) is 6.01. The Balaban J connectivity index is 2.25. The van der Waals surface area contributed by atoms with Crippen LogP contribution in [-0.2, 0) is 9.84 Å². The van der Waals surface area contributed by atoms with Gasteiger partial charge in [0.05, 0.1) is 10.1 Å². The van der Waals surface area contributed by atoms with Gasteiger partial charge < -0.3 is 5.32 Å². The molecule has 0 bridgehead atoms. The van der Waals surface area contributed by atoms with Crippen LogP contribution in [0.4, 0.5) is 0 Å². The lowest BCUT2D eigenvalue weighted by atomic mass is 9.95. The van der Waals surface area contributed by atoms with Crippen LogP contribution in [0.5, 0.6) is 0 Å². The van der Waals surface area contributed by atoms with Crippen molar-refractivity contribution in [2.24, 2.45) is 0 Å². The van der Waals surface area contributed by atoms with E-state index < -0.39 is 9.84 Å². The fourth-order valence-electron chi connectivity index (χ4n) is 2.67. The molecule has 0 amide bonds. The van der Waals surface area contributed by atoms with E-state index in [9.17, 15) is 8.42 Å². The Hall–Kier alpha value is -0.870. The summed E-state index contributed by atoms with van der Waals surface area (Å²) in [5.41, 5.74) is 0.997. The van der Waals surface area contributed by atoms with E-state index in [0.29, 0.717) is 10.9 Å². The number of benzene rings is 1. The molecule has 2 rings (SSSR count). The summed E-state index contributed by atoms with van der Waals surface area (Å²) in [6.07, 6.45) is 3.58. The van der Waals surface area contributed by atoms with Crippen molar-refractivity contribution in [3.8, 4) is 0 Å². The normalized spacial score (nSPS) is 25.0. The van der Waals surface area contributed by atoms with Gasteiger partial charge in [-0.15, -0.1) is 0 Å². The van der Waals surface area contributed by atoms with Crippen molar-refractivity contribution in [3.05, 3.63) is 29.8 Å². The lowest BCUT2D eigenvalue weighted by molar-refractivity contribution is 0.390. The predicted octanol–water partition coefficient (Wildman–Crippen LogP) is 2.30. The van der Waals surface area contributed by atoms with Crippen molar-refractivity contribution in [2.75, 3.05) is 7.05 Å². The summed E-state index contributed by atoms with van der Waals surface area (Å²) in [7, 11) is -1.26. The number of hydrogen-bond acceptors (Lipinski definition) is 3. The molecule has 0 heterocycles. The summed E-state index contributed by atoms with van der Waals surface area (Å²) in [6.45, 7) is 1.93. The van der Waals surface area contributed by atoms with Crippen LogP contribution in [0.1, 0.15) is 31.2 Å². The molecule has 1 fully saturated rings. The van der Waals surface area contributed by atoms with Crippen LogP contribution >= 0.6 is 0 Å². The summed E-state index contributed by atoms with van der Waals surface area (Å²) in [4.78, 5) is 0.476. The molecule has 18 heavy (non-hydrogen) atoms. The molecular weight excluding hydrogens is 246 g/mol. The minimum atomic E-state index is -3.17. The minimum absolute atomic E-state index is 0.231. The number of aryl methyl sites for hydroxylation is 1. The molecule has 1 N–H and O–H groups in total. The Kier molecular flexibility index (Phi) is 4.07. The van der Waals surface area contributed by atoms with E-state index in [1.54, 1.807) is 12.1 Å². The standard InChI is InChI=1S/C14H21NO2S/c1-11-5-3-7-13(9-11)18(16,17)14-8-4-6-12(10-14)15-2/h3,5,7,9,12,14-15H,4,6,8,10H2,1-2H3. The summed E-state index contributed by atoms with van der Waals surface area (Å²) in [6, 6.07) is 7.57. The highest BCUT2D eigenvalue weighted by Gasteiger charge is 2.32. The third-order valence-electron chi connectivity index (χ3n) is 3.79. The van der Waals surface area contributed by atoms with Gasteiger partial charge in [0.25, 0.3) is 0 Å². The zero-order valence-corrected chi connectivity index (χ0v) is 11.8. The Morgan fingerprint density at radius 2 is 2.06 bits per heavy atom. The van der Waals surface area contributed by atoms with Crippen molar-refractivity contribution in [2.45, 2.75) is 48.8 Å². The maximum Gasteiger partial charge on any atom is 0.181 e. The molecule has 0 spiro atoms. The molecule has 3 nitrogen and oxygen atoms in total. The minimum Gasteiger partial charge on any atom is -0.317 e. The zero-order chi connectivity index (χ0) is 13.2. The Morgan fingerprint density at radius 3 is 2.72 bits per heavy atom. The first-order chi connectivity index (χ1) is 8.54. The van der Waals surface area contributed by atoms with Crippen molar-refractivity contribution in [1.82, 2.24) is 5.32 Å². The fraction of sp³-hybridized carbons (Fsp3) is 0.571. The molecule has 0 radical (unpaired) electrons. The molecule has 1 aliphatic rings. The lowest BCUT2D eigenvalue weighted by Gasteiger charge is -2.28. The molecule has 100 valence electrons. The van der Waals surface area contributed by atoms with Crippen LogP contribution < -0.4 is 5.32 Å². The van der Waals surface area contributed by atoms with Gasteiger partial charge in [-0.3, -0.25) is 0 Å². The largest absolute Gasteiger partial charge is 0.317 e. The molecular formula is C14H21NO2S. The highest BCUT2D eigenvalue weighted by atomic mass is 32.2. The van der Waals surface area contributed by atoms with Crippen molar-refractivity contribution in [3.63, 3.8) is 0 Å². The van der Waals surface area contributed by atoms with Crippen LogP contribution in [0.15, 0.2) is 29.2 Å². The van der Waals surface area contributed by atoms with Gasteiger partial charge >= 0.3 is 0 Å². The fourth-order valence-corrected chi connectivity index (χ4v) is 4.64. The van der Waals surface area contributed by atoms with Crippen LogP contribution in [0, 0.1) is 6.92 Å². The predicted molar refractivity (Wildman–Crippen MR) is 73.5 cm³/mol. The molecule has 0 aromatic heterocycles. The maximum atomic E-state index is 12.6. The number of rotatable bonds is 3. The quantitative estimate of drug-likeness (QED) is 0.914. The maximum absolute atomic E-state index is 12.6. The van der Waals surface area contributed by atoms with E-state index in [1.807, 2.05) is 26.1 Å². The van der Waals surface area contributed by atoms with Crippen molar-refractivity contribution in [1.29, 1.82) is 0 Å². The average Bonchev–Trinajstić information content (AvgIpc) is 2.39. The second-order valence-corrected chi connectivity index (χ2v) is 7.36. The SMILES string of the molecule is CNC1CCCC(S(=O)(=O)c2cccc(C)c2)C1. The number of hydrogen-bond donors (Lipinski definition) is 1. The monoisotopic (exact) mass is 267 g/mol. The number of nitrogens with one attached hydrogen (secondary N) is 1. The van der Waals surface area contributed by atoms with Crippen LogP contribution in [0.2, 0.25) is 0 Å². The molecule has 1 aromatic carbocycles. The van der Waals surface area contributed by atoms with Crippen LogP contribution in [-0.4, -0.2) is 26.8 Å². The van der Waals surface area contributed by atoms with Gasteiger partial charge in [-0.1, -0.05) is 18.6 Å². The summed E-state index contributed by atoms with van der Waals surface area (Å²) >= 11 is 0. The van der Waals surface area contributed by atoms with Gasteiger partial charge in [0.15, 0.2) is 9.84 Å². The highest BCUT2D eigenvalue weighted by Crippen LogP contribution is 2.29. The Morgan fingerprint density at radius 1 is 1.28 bits per heavy atom. The van der Waals surface area contributed by atoms with E-state index in [4.69, 9.17) is 0 Å². The van der Waals surface area contributed by atoms with Gasteiger partial charge in [-0.05, 0) is 50.9 Å². The molecule has 2 atom stereocenters. The molecule has 0 aliphatic heterocycles. The molecule has 2 unspecified atom stereocenters. The summed E-state index contributed by atoms with van der Waals surface area (Å²) in [5.74, 6) is 0. The highest BCUT2D eigenvalue weighted by molar-refractivity contribution is 7.92. The van der Waals surface area contributed by atoms with E-state index in [0.717, 1.165) is 31.2 Å². The van der Waals surface area contributed by atoms with E-state index in [2.05, 4.69) is 5.32 Å². The van der Waals surface area contributed by atoms with E-state index in [1.165, 1.54) is 0 Å². The summed E-state index contributed by atoms with van der Waals surface area (Å²) in [5, 5.41) is 2.97. The first-order valence-electron chi connectivity index (χ1n) is 6.52. The van der Waals surface area contributed by atoms with Gasteiger partial charge in [0.2, 0.25) is 0 Å². The van der Waals surface area contributed by atoms with Gasteiger partial charge in [0, 0.05) is 6.04 Å². The van der Waals surface area contributed by atoms with Crippen molar-refractivity contribution < 1.29 is 8.42 Å². The van der Waals surface area contributed by atoms with Crippen molar-refractivity contribution >= 4 is 9.84 Å². The average molecular weight is 267 g/mol. The molecule has 1 aromatic rings. The second-order valence-electron chi connectivity index (χ2n) is 5.14. The van der Waals surface area contributed by atoms with Crippen LogP contribution in [0.3, 0.4) is 0 Å². The summed E-state index contributed by atoms with van der Waals surface area (Å²) < 4.78 is 25.1. The third kappa shape index (κ3) is 2.75. The van der Waals surface area contributed by atoms with E-state index >= 15 is 0 Å². The second kappa shape index (κ2) is 5.41. The smallest absolute Gasteiger partial charge is 0.181 e. The molecule has 4 heteroatoms. The van der Waals surface area contributed by atoms with Gasteiger partial charge in [-0.25, -0.2) is 8.42 Å². The van der Waals surface area contributed by atoms with Gasteiger partial charge in [0.1, 0.15) is 0 Å². The van der Waals surface area contributed by atoms with Gasteiger partial charge in [-0.2, -0.15) is 0 Å². The number of sulfone groups is 1. The Labute approximate surface area is 110 Å². The van der Waals surface area contributed by atoms with E-state index in [-0.39, 0.29) is 5.25 Å². The first-order valence-corrected chi connectivity index (χ1v) is 8.06. The first kappa shape index (κ1) is 13.6. The Bertz CT molecular complexity index is 510. The molecule has 0 saturated heterocycles. The molecule has 1 aliphatic carbocycles.